The number of hydrogen-bond donors (Lipinski definition) is 2. The van der Waals surface area contributed by atoms with Crippen LogP contribution in [0, 0.1) is 0 Å². The summed E-state index contributed by atoms with van der Waals surface area (Å²) in [7, 11) is 0. The van der Waals surface area contributed by atoms with Crippen molar-refractivity contribution >= 4 is 40.3 Å². The number of fused-ring (bicyclic) bond motifs is 1. The van der Waals surface area contributed by atoms with Gasteiger partial charge in [-0.25, -0.2) is 4.98 Å². The Labute approximate surface area is 162 Å². The maximum atomic E-state index is 10.3. The van der Waals surface area contributed by atoms with E-state index in [0.29, 0.717) is 30.3 Å². The second-order valence-corrected chi connectivity index (χ2v) is 6.62. The molecule has 5 nitrogen and oxygen atoms in total. The molecule has 4 rings (SSSR count). The molecule has 2 N–H and O–H groups in total. The molecular weight excluding hydrogens is 370 g/mol. The second kappa shape index (κ2) is 10.8. The fourth-order valence-corrected chi connectivity index (χ4v) is 2.78. The molecule has 0 aliphatic heterocycles. The van der Waals surface area contributed by atoms with Gasteiger partial charge in [0.25, 0.3) is 0 Å². The summed E-state index contributed by atoms with van der Waals surface area (Å²) in [6, 6.07) is 5.64. The molecule has 7 heteroatoms. The molecule has 3 aromatic rings. The van der Waals surface area contributed by atoms with Crippen molar-refractivity contribution in [2.75, 3.05) is 0 Å². The molecule has 26 heavy (non-hydrogen) atoms. The van der Waals surface area contributed by atoms with Crippen molar-refractivity contribution in [1.29, 1.82) is 0 Å². The largest absolute Gasteiger partial charge is 0.486 e. The summed E-state index contributed by atoms with van der Waals surface area (Å²) in [6.45, 7) is 4.83. The molecule has 1 aliphatic rings. The van der Waals surface area contributed by atoms with Crippen molar-refractivity contribution in [1.82, 2.24) is 15.3 Å². The first-order valence-corrected chi connectivity index (χ1v) is 10.1. The Morgan fingerprint density at radius 2 is 2.08 bits per heavy atom. The van der Waals surface area contributed by atoms with Crippen LogP contribution in [0.3, 0.4) is 0 Å². The maximum Gasteiger partial charge on any atom is 0.207 e. The number of benzene rings is 1. The summed E-state index contributed by atoms with van der Waals surface area (Å²) in [5.41, 5.74) is 4.46. The summed E-state index contributed by atoms with van der Waals surface area (Å²) in [4.78, 5) is 17.7. The number of halogens is 1. The summed E-state index contributed by atoms with van der Waals surface area (Å²) in [5, 5.41) is 6.07. The molecule has 1 aliphatic carbocycles. The number of amides is 1. The van der Waals surface area contributed by atoms with Crippen LogP contribution in [0.25, 0.3) is 10.9 Å². The predicted molar refractivity (Wildman–Crippen MR) is 108 cm³/mol. The molecule has 1 fully saturated rings. The van der Waals surface area contributed by atoms with Crippen molar-refractivity contribution in [2.45, 2.75) is 46.3 Å². The highest BCUT2D eigenvalue weighted by molar-refractivity contribution is 7.07. The number of aromatic amines is 1. The number of nitrogens with one attached hydrogen (secondary N) is 2. The Morgan fingerprint density at radius 1 is 1.31 bits per heavy atom. The highest BCUT2D eigenvalue weighted by atomic mass is 35.5. The van der Waals surface area contributed by atoms with E-state index in [1.54, 1.807) is 5.51 Å². The van der Waals surface area contributed by atoms with Gasteiger partial charge in [0.1, 0.15) is 12.4 Å². The number of rotatable bonds is 6. The lowest BCUT2D eigenvalue weighted by Crippen LogP contribution is -2.09. The average molecular weight is 394 g/mol. The van der Waals surface area contributed by atoms with Crippen molar-refractivity contribution in [2.24, 2.45) is 0 Å². The summed E-state index contributed by atoms with van der Waals surface area (Å²) in [5.74, 6) is 0.605. The van der Waals surface area contributed by atoms with E-state index in [4.69, 9.17) is 16.3 Å². The number of nitrogens with zero attached hydrogens (tertiary/aromatic N) is 1. The topological polar surface area (TPSA) is 67.0 Å². The smallest absolute Gasteiger partial charge is 0.207 e. The van der Waals surface area contributed by atoms with Crippen molar-refractivity contribution in [3.63, 3.8) is 0 Å². The van der Waals surface area contributed by atoms with Gasteiger partial charge in [0.2, 0.25) is 6.41 Å². The third-order valence-electron chi connectivity index (χ3n) is 3.32. The number of hydrogen-bond acceptors (Lipinski definition) is 4. The number of ether oxygens (including phenoxy) is 1. The van der Waals surface area contributed by atoms with E-state index in [9.17, 15) is 4.79 Å². The van der Waals surface area contributed by atoms with Crippen LogP contribution in [0.1, 0.15) is 44.5 Å². The monoisotopic (exact) mass is 393 g/mol. The standard InChI is InChI=1S/C14H12ClN3O2S.C3H6.C2H6/c15-12-2-9-1-10(4-16-7-19)18-13(9)3-14(12)20-5-11-6-21-8-17-11;1-2-3-1;1-2/h1-3,6-8,18H,4-5H2,(H,16,19);1-3H2;1-2H3. The fraction of sp³-hybridized carbons (Fsp3) is 0.368. The van der Waals surface area contributed by atoms with Gasteiger partial charge >= 0.3 is 0 Å². The number of H-pyrrole nitrogens is 1. The van der Waals surface area contributed by atoms with E-state index in [-0.39, 0.29) is 0 Å². The van der Waals surface area contributed by atoms with Gasteiger partial charge in [-0.05, 0) is 12.1 Å². The lowest BCUT2D eigenvalue weighted by atomic mass is 10.2. The highest BCUT2D eigenvalue weighted by Gasteiger charge is 2.08. The van der Waals surface area contributed by atoms with Crippen LogP contribution in [0.15, 0.2) is 29.1 Å². The summed E-state index contributed by atoms with van der Waals surface area (Å²) >= 11 is 7.76. The molecule has 0 atom stereocenters. The van der Waals surface area contributed by atoms with Crippen molar-refractivity contribution < 1.29 is 9.53 Å². The van der Waals surface area contributed by atoms with Gasteiger partial charge in [0.15, 0.2) is 0 Å². The van der Waals surface area contributed by atoms with Crippen LogP contribution in [0.5, 0.6) is 5.75 Å². The normalized spacial score (nSPS) is 11.7. The summed E-state index contributed by atoms with van der Waals surface area (Å²) in [6.07, 6.45) is 5.17. The lowest BCUT2D eigenvalue weighted by molar-refractivity contribution is -0.109. The molecule has 1 saturated carbocycles. The SMILES string of the molecule is C1CC1.CC.O=CNCc1cc2cc(Cl)c(OCc3cscn3)cc2[nH]1. The minimum atomic E-state index is 0.384. The van der Waals surface area contributed by atoms with Crippen LogP contribution in [-0.4, -0.2) is 16.4 Å². The van der Waals surface area contributed by atoms with Gasteiger partial charge in [-0.1, -0.05) is 44.7 Å². The van der Waals surface area contributed by atoms with Crippen molar-refractivity contribution in [3.05, 3.63) is 45.5 Å². The van der Waals surface area contributed by atoms with E-state index in [1.165, 1.54) is 30.6 Å². The Kier molecular flexibility index (Phi) is 8.44. The lowest BCUT2D eigenvalue weighted by Gasteiger charge is -2.06. The second-order valence-electron chi connectivity index (χ2n) is 5.49. The summed E-state index contributed by atoms with van der Waals surface area (Å²) < 4.78 is 5.70. The Hall–Kier alpha value is -2.05. The van der Waals surface area contributed by atoms with Gasteiger partial charge in [-0.2, -0.15) is 0 Å². The molecule has 0 saturated heterocycles. The van der Waals surface area contributed by atoms with Gasteiger partial charge in [0.05, 0.1) is 22.8 Å². The average Bonchev–Trinajstić information content (AvgIpc) is 3.36. The molecule has 0 radical (unpaired) electrons. The highest BCUT2D eigenvalue weighted by Crippen LogP contribution is 2.31. The predicted octanol–water partition coefficient (Wildman–Crippen LogP) is 5.30. The minimum absolute atomic E-state index is 0.384. The van der Waals surface area contributed by atoms with E-state index in [1.807, 2.05) is 37.4 Å². The molecule has 1 amide bonds. The van der Waals surface area contributed by atoms with Gasteiger partial charge < -0.3 is 15.0 Å². The molecular formula is C19H24ClN3O2S. The van der Waals surface area contributed by atoms with Gasteiger partial charge in [-0.15, -0.1) is 11.3 Å². The molecule has 0 spiro atoms. The molecule has 140 valence electrons. The number of carbonyl (C=O) groups is 1. The number of aromatic nitrogens is 2. The van der Waals surface area contributed by atoms with E-state index < -0.39 is 0 Å². The molecule has 1 aromatic carbocycles. The maximum absolute atomic E-state index is 10.3. The first kappa shape index (κ1) is 20.3. The van der Waals surface area contributed by atoms with Gasteiger partial charge in [0, 0.05) is 28.0 Å². The quantitative estimate of drug-likeness (QED) is 0.558. The van der Waals surface area contributed by atoms with Crippen LogP contribution < -0.4 is 10.1 Å². The zero-order chi connectivity index (χ0) is 18.8. The third kappa shape index (κ3) is 6.35. The van der Waals surface area contributed by atoms with E-state index in [2.05, 4.69) is 15.3 Å². The first-order chi connectivity index (χ1) is 12.8. The molecule has 2 heterocycles. The zero-order valence-electron chi connectivity index (χ0n) is 15.0. The Morgan fingerprint density at radius 3 is 2.69 bits per heavy atom. The van der Waals surface area contributed by atoms with Crippen LogP contribution >= 0.6 is 22.9 Å². The Bertz CT molecular complexity index is 798. The minimum Gasteiger partial charge on any atom is -0.486 e. The van der Waals surface area contributed by atoms with E-state index in [0.717, 1.165) is 22.3 Å². The fourth-order valence-electron chi connectivity index (χ4n) is 2.01. The van der Waals surface area contributed by atoms with Crippen molar-refractivity contribution in [3.8, 4) is 5.75 Å². The van der Waals surface area contributed by atoms with Crippen LogP contribution in [0.4, 0.5) is 0 Å². The van der Waals surface area contributed by atoms with Gasteiger partial charge in [-0.3, -0.25) is 4.79 Å². The molecule has 0 unspecified atom stereocenters. The number of carbonyl (C=O) groups excluding carboxylic acids is 1. The molecule has 2 aromatic heterocycles. The molecule has 0 bridgehead atoms. The van der Waals surface area contributed by atoms with Crippen LogP contribution in [-0.2, 0) is 17.9 Å². The first-order valence-electron chi connectivity index (χ1n) is 8.74. The zero-order valence-corrected chi connectivity index (χ0v) is 16.6. The Balaban J connectivity index is 0.000000429. The van der Waals surface area contributed by atoms with E-state index >= 15 is 0 Å². The van der Waals surface area contributed by atoms with Crippen LogP contribution in [0.2, 0.25) is 5.02 Å². The third-order valence-corrected chi connectivity index (χ3v) is 4.25. The number of thiazole rings is 1.